The van der Waals surface area contributed by atoms with E-state index in [1.54, 1.807) is 17.0 Å². The van der Waals surface area contributed by atoms with Crippen LogP contribution in [0.3, 0.4) is 0 Å². The molecule has 2 aliphatic rings. The van der Waals surface area contributed by atoms with Gasteiger partial charge in [0, 0.05) is 30.9 Å². The molecule has 0 aliphatic carbocycles. The van der Waals surface area contributed by atoms with Gasteiger partial charge in [0.2, 0.25) is 0 Å². The van der Waals surface area contributed by atoms with Crippen molar-refractivity contribution < 1.29 is 18.3 Å². The van der Waals surface area contributed by atoms with Gasteiger partial charge in [-0.3, -0.25) is 9.69 Å². The molecule has 144 valence electrons. The van der Waals surface area contributed by atoms with Gasteiger partial charge in [0.25, 0.3) is 5.91 Å². The summed E-state index contributed by atoms with van der Waals surface area (Å²) in [5, 5.41) is 4.63. The fourth-order valence-electron chi connectivity index (χ4n) is 3.96. The normalized spacial score (nSPS) is 25.3. The van der Waals surface area contributed by atoms with Crippen molar-refractivity contribution in [3.05, 3.63) is 52.0 Å². The van der Waals surface area contributed by atoms with E-state index in [0.717, 1.165) is 25.1 Å². The van der Waals surface area contributed by atoms with Gasteiger partial charge in [-0.05, 0) is 36.6 Å². The average molecular weight is 393 g/mol. The molecule has 5 nitrogen and oxygen atoms in total. The second-order valence-corrected chi connectivity index (χ2v) is 7.87. The summed E-state index contributed by atoms with van der Waals surface area (Å²) in [5.74, 6) is -1.02. The number of aromatic nitrogens is 1. The lowest BCUT2D eigenvalue weighted by Gasteiger charge is -2.36. The van der Waals surface area contributed by atoms with Crippen LogP contribution >= 0.6 is 11.3 Å². The van der Waals surface area contributed by atoms with Crippen LogP contribution in [0.1, 0.15) is 22.5 Å². The number of hydrogen-bond acceptors (Lipinski definition) is 5. The molecule has 3 atom stereocenters. The van der Waals surface area contributed by atoms with Gasteiger partial charge in [-0.15, -0.1) is 11.3 Å². The Morgan fingerprint density at radius 2 is 2.26 bits per heavy atom. The number of amides is 1. The highest BCUT2D eigenvalue weighted by molar-refractivity contribution is 7.07. The zero-order valence-corrected chi connectivity index (χ0v) is 15.6. The lowest BCUT2D eigenvalue weighted by Crippen LogP contribution is -2.45. The Bertz CT molecular complexity index is 802. The third-order valence-corrected chi connectivity index (χ3v) is 6.00. The number of halogens is 2. The number of ether oxygens (including phenoxy) is 1. The number of benzene rings is 1. The molecule has 2 aromatic rings. The Kier molecular flexibility index (Phi) is 5.47. The van der Waals surface area contributed by atoms with E-state index in [4.69, 9.17) is 4.74 Å². The summed E-state index contributed by atoms with van der Waals surface area (Å²) in [5.41, 5.74) is 2.83. The molecule has 1 amide bonds. The Labute approximate surface area is 160 Å². The van der Waals surface area contributed by atoms with E-state index in [9.17, 15) is 13.6 Å². The first-order chi connectivity index (χ1) is 13.1. The van der Waals surface area contributed by atoms with Crippen LogP contribution in [-0.4, -0.2) is 48.1 Å². The van der Waals surface area contributed by atoms with Gasteiger partial charge in [-0.2, -0.15) is 0 Å². The number of nitrogens with zero attached hydrogens (tertiary/aromatic N) is 2. The predicted octanol–water partition coefficient (Wildman–Crippen LogP) is 2.69. The van der Waals surface area contributed by atoms with Gasteiger partial charge >= 0.3 is 0 Å². The highest BCUT2D eigenvalue weighted by Crippen LogP contribution is 2.34. The third-order valence-electron chi connectivity index (χ3n) is 5.41. The number of carbonyl (C=O) groups is 1. The molecule has 0 spiro atoms. The SMILES string of the molecule is O=C(NC[C@H]1OC[C@@H]2CCN(Cc3ccc(F)c(F)c3)C[C@@H]21)c1cscn1. The summed E-state index contributed by atoms with van der Waals surface area (Å²) in [6.07, 6.45) is 0.968. The van der Waals surface area contributed by atoms with Gasteiger partial charge in [-0.1, -0.05) is 6.07 Å². The molecule has 2 saturated heterocycles. The van der Waals surface area contributed by atoms with Crippen LogP contribution < -0.4 is 5.32 Å². The Morgan fingerprint density at radius 1 is 1.37 bits per heavy atom. The molecule has 1 aromatic heterocycles. The smallest absolute Gasteiger partial charge is 0.270 e. The highest BCUT2D eigenvalue weighted by atomic mass is 32.1. The number of piperidine rings is 1. The van der Waals surface area contributed by atoms with Crippen LogP contribution in [0, 0.1) is 23.5 Å². The van der Waals surface area contributed by atoms with Crippen molar-refractivity contribution in [1.29, 1.82) is 0 Å². The third kappa shape index (κ3) is 4.17. The van der Waals surface area contributed by atoms with Gasteiger partial charge < -0.3 is 10.1 Å². The predicted molar refractivity (Wildman–Crippen MR) is 97.4 cm³/mol. The number of thiazole rings is 1. The van der Waals surface area contributed by atoms with Crippen molar-refractivity contribution in [2.24, 2.45) is 11.8 Å². The van der Waals surface area contributed by atoms with Crippen LogP contribution in [0.4, 0.5) is 8.78 Å². The largest absolute Gasteiger partial charge is 0.376 e. The molecule has 0 radical (unpaired) electrons. The van der Waals surface area contributed by atoms with E-state index >= 15 is 0 Å². The molecule has 27 heavy (non-hydrogen) atoms. The molecule has 0 bridgehead atoms. The molecular weight excluding hydrogens is 372 g/mol. The zero-order valence-electron chi connectivity index (χ0n) is 14.7. The zero-order chi connectivity index (χ0) is 18.8. The molecular formula is C19H21F2N3O2S. The van der Waals surface area contributed by atoms with Crippen molar-refractivity contribution in [2.45, 2.75) is 19.1 Å². The van der Waals surface area contributed by atoms with Gasteiger partial charge in [0.15, 0.2) is 11.6 Å². The van der Waals surface area contributed by atoms with Crippen LogP contribution in [0.25, 0.3) is 0 Å². The summed E-state index contributed by atoms with van der Waals surface area (Å²) in [6, 6.07) is 4.06. The van der Waals surface area contributed by atoms with E-state index < -0.39 is 11.6 Å². The van der Waals surface area contributed by atoms with Crippen LogP contribution in [0.15, 0.2) is 29.1 Å². The first-order valence-corrected chi connectivity index (χ1v) is 9.98. The fourth-order valence-corrected chi connectivity index (χ4v) is 4.49. The minimum absolute atomic E-state index is 0.0367. The van der Waals surface area contributed by atoms with Gasteiger partial charge in [0.1, 0.15) is 5.69 Å². The molecule has 8 heteroatoms. The number of likely N-dealkylation sites (tertiary alicyclic amines) is 1. The average Bonchev–Trinajstić information content (AvgIpc) is 3.33. The number of nitrogens with one attached hydrogen (secondary N) is 1. The summed E-state index contributed by atoms with van der Waals surface area (Å²) in [4.78, 5) is 18.4. The molecule has 1 aromatic carbocycles. The number of rotatable bonds is 5. The summed E-state index contributed by atoms with van der Waals surface area (Å²) in [7, 11) is 0. The van der Waals surface area contributed by atoms with Gasteiger partial charge in [0.05, 0.1) is 18.2 Å². The maximum absolute atomic E-state index is 13.4. The quantitative estimate of drug-likeness (QED) is 0.849. The Balaban J connectivity index is 1.34. The summed E-state index contributed by atoms with van der Waals surface area (Å²) in [6.45, 7) is 3.47. The van der Waals surface area contributed by atoms with Crippen molar-refractivity contribution in [3.8, 4) is 0 Å². The first-order valence-electron chi connectivity index (χ1n) is 9.04. The van der Waals surface area contributed by atoms with Crippen molar-refractivity contribution >= 4 is 17.2 Å². The van der Waals surface area contributed by atoms with Crippen molar-refractivity contribution in [3.63, 3.8) is 0 Å². The lowest BCUT2D eigenvalue weighted by atomic mass is 9.84. The summed E-state index contributed by atoms with van der Waals surface area (Å²) < 4.78 is 32.5. The molecule has 0 saturated carbocycles. The molecule has 2 fully saturated rings. The maximum atomic E-state index is 13.4. The van der Waals surface area contributed by atoms with Crippen LogP contribution in [0.5, 0.6) is 0 Å². The number of carbonyl (C=O) groups excluding carboxylic acids is 1. The van der Waals surface area contributed by atoms with Gasteiger partial charge in [-0.25, -0.2) is 13.8 Å². The topological polar surface area (TPSA) is 54.5 Å². The number of fused-ring (bicyclic) bond motifs is 1. The Morgan fingerprint density at radius 3 is 3.04 bits per heavy atom. The monoisotopic (exact) mass is 393 g/mol. The van der Waals surface area contributed by atoms with Crippen LogP contribution in [-0.2, 0) is 11.3 Å². The molecule has 4 rings (SSSR count). The lowest BCUT2D eigenvalue weighted by molar-refractivity contribution is 0.0675. The first kappa shape index (κ1) is 18.5. The highest BCUT2D eigenvalue weighted by Gasteiger charge is 2.40. The minimum Gasteiger partial charge on any atom is -0.376 e. The molecule has 3 heterocycles. The minimum atomic E-state index is -0.822. The standard InChI is InChI=1S/C19H21F2N3O2S/c20-15-2-1-12(5-16(15)21)7-24-4-3-13-9-26-18(14(13)8-24)6-22-19(25)17-10-27-11-23-17/h1-2,5,10-11,13-14,18H,3-4,6-9H2,(H,22,25)/t13-,14-,18+/m0/s1. The number of hydrogen-bond donors (Lipinski definition) is 1. The maximum Gasteiger partial charge on any atom is 0.270 e. The van der Waals surface area contributed by atoms with E-state index in [1.165, 1.54) is 23.5 Å². The van der Waals surface area contributed by atoms with E-state index in [0.29, 0.717) is 37.2 Å². The molecule has 1 N–H and O–H groups in total. The fraction of sp³-hybridized carbons (Fsp3) is 0.474. The molecule has 2 aliphatic heterocycles. The van der Waals surface area contributed by atoms with Crippen LogP contribution in [0.2, 0.25) is 0 Å². The van der Waals surface area contributed by atoms with Crippen molar-refractivity contribution in [1.82, 2.24) is 15.2 Å². The second-order valence-electron chi connectivity index (χ2n) is 7.15. The van der Waals surface area contributed by atoms with E-state index in [-0.39, 0.29) is 12.0 Å². The summed E-state index contributed by atoms with van der Waals surface area (Å²) >= 11 is 1.39. The van der Waals surface area contributed by atoms with Crippen molar-refractivity contribution in [2.75, 3.05) is 26.2 Å². The van der Waals surface area contributed by atoms with E-state index in [2.05, 4.69) is 15.2 Å². The second kappa shape index (κ2) is 8.00. The molecule has 0 unspecified atom stereocenters. The van der Waals surface area contributed by atoms with E-state index in [1.807, 2.05) is 0 Å². The Hall–Kier alpha value is -1.90.